The predicted molar refractivity (Wildman–Crippen MR) is 160 cm³/mol. The van der Waals surface area contributed by atoms with E-state index in [0.29, 0.717) is 12.8 Å². The molecule has 6 fully saturated rings. The zero-order valence-corrected chi connectivity index (χ0v) is 28.0. The molecule has 1 spiro atoms. The number of epoxide rings is 1. The molecule has 6 aliphatic rings. The Morgan fingerprint density at radius 1 is 1.00 bits per heavy atom. The van der Waals surface area contributed by atoms with Gasteiger partial charge in [-0.1, -0.05) is 27.7 Å². The summed E-state index contributed by atoms with van der Waals surface area (Å²) in [5.74, 6) is -4.62. The van der Waals surface area contributed by atoms with Gasteiger partial charge in [-0.3, -0.25) is 19.2 Å². The molecule has 0 radical (unpaired) electrons. The SMILES string of the molecule is CC[C@@H](C)C(=O)O[C@H]1OC[C@@]23C4C(=O)[C@H](OC(C)=O)[C@@]5(C)[C@H](c6ccoc6)C[C@H]6O[C@]65[C@]4(C)[C@H](O)C[C@H]2[C@]1(C)[C@H](OC(C)=O)C[C@@H]3O. The fourth-order valence-electron chi connectivity index (χ4n) is 11.5. The van der Waals surface area contributed by atoms with E-state index in [4.69, 9.17) is 28.1 Å². The van der Waals surface area contributed by atoms with E-state index in [2.05, 4.69) is 0 Å². The maximum atomic E-state index is 15.3. The predicted octanol–water partition coefficient (Wildman–Crippen LogP) is 3.06. The third-order valence-corrected chi connectivity index (χ3v) is 13.8. The number of hydrogen-bond acceptors (Lipinski definition) is 12. The van der Waals surface area contributed by atoms with Gasteiger partial charge in [-0.15, -0.1) is 0 Å². The molecule has 7 rings (SSSR count). The Morgan fingerprint density at radius 2 is 1.70 bits per heavy atom. The summed E-state index contributed by atoms with van der Waals surface area (Å²) in [6, 6.07) is 1.84. The number of carbonyl (C=O) groups is 4. The zero-order chi connectivity index (χ0) is 34.1. The quantitative estimate of drug-likeness (QED) is 0.260. The number of aliphatic hydroxyl groups is 2. The van der Waals surface area contributed by atoms with Crippen LogP contribution in [0.15, 0.2) is 23.0 Å². The van der Waals surface area contributed by atoms with Crippen molar-refractivity contribution in [1.82, 2.24) is 0 Å². The first-order valence-electron chi connectivity index (χ1n) is 16.8. The molecule has 1 aromatic heterocycles. The van der Waals surface area contributed by atoms with Gasteiger partial charge in [0, 0.05) is 42.9 Å². The number of esters is 3. The van der Waals surface area contributed by atoms with E-state index in [1.165, 1.54) is 13.8 Å². The summed E-state index contributed by atoms with van der Waals surface area (Å²) in [5.41, 5.74) is -5.14. The maximum absolute atomic E-state index is 15.3. The Kier molecular flexibility index (Phi) is 7.21. The van der Waals surface area contributed by atoms with Gasteiger partial charge in [0.1, 0.15) is 11.7 Å². The minimum atomic E-state index is -1.32. The fraction of sp³-hybridized carbons (Fsp3) is 0.771. The Balaban J connectivity index is 1.40. The van der Waals surface area contributed by atoms with E-state index in [1.807, 2.05) is 26.8 Å². The van der Waals surface area contributed by atoms with E-state index < -0.39 is 99.4 Å². The summed E-state index contributed by atoms with van der Waals surface area (Å²) in [6.07, 6.45) is -1.82. The van der Waals surface area contributed by atoms with Crippen LogP contribution in [0.1, 0.15) is 85.6 Å². The lowest BCUT2D eigenvalue weighted by atomic mass is 9.33. The van der Waals surface area contributed by atoms with Crippen LogP contribution in [0.5, 0.6) is 0 Å². The molecule has 12 nitrogen and oxygen atoms in total. The largest absolute Gasteiger partial charge is 0.472 e. The first kappa shape index (κ1) is 32.7. The smallest absolute Gasteiger partial charge is 0.310 e. The van der Waals surface area contributed by atoms with Crippen molar-refractivity contribution in [3.63, 3.8) is 0 Å². The number of Topliss-reactive ketones (excluding diaryl/α,β-unsaturated/α-hetero) is 1. The van der Waals surface area contributed by atoms with Crippen molar-refractivity contribution < 1.29 is 57.5 Å². The van der Waals surface area contributed by atoms with Gasteiger partial charge in [-0.2, -0.15) is 0 Å². The zero-order valence-electron chi connectivity index (χ0n) is 28.0. The van der Waals surface area contributed by atoms with Crippen molar-refractivity contribution in [3.8, 4) is 0 Å². The van der Waals surface area contributed by atoms with Crippen LogP contribution in [-0.4, -0.2) is 82.9 Å². The molecule has 2 bridgehead atoms. The number of hydrogen-bond donors (Lipinski definition) is 2. The Hall–Kier alpha value is -2.80. The van der Waals surface area contributed by atoms with Gasteiger partial charge < -0.3 is 38.3 Å². The number of carbonyl (C=O) groups excluding carboxylic acids is 4. The van der Waals surface area contributed by atoms with E-state index in [-0.39, 0.29) is 31.5 Å². The van der Waals surface area contributed by atoms with Crippen molar-refractivity contribution in [2.75, 3.05) is 6.61 Å². The van der Waals surface area contributed by atoms with Crippen LogP contribution in [0.4, 0.5) is 0 Å². The lowest BCUT2D eigenvalue weighted by molar-refractivity contribution is -0.374. The van der Waals surface area contributed by atoms with Crippen LogP contribution in [-0.2, 0) is 42.9 Å². The molecule has 2 aliphatic heterocycles. The van der Waals surface area contributed by atoms with Crippen LogP contribution < -0.4 is 0 Å². The third-order valence-electron chi connectivity index (χ3n) is 13.8. The van der Waals surface area contributed by atoms with Crippen LogP contribution in [0.2, 0.25) is 0 Å². The summed E-state index contributed by atoms with van der Waals surface area (Å²) in [6.45, 7) is 11.5. The minimum absolute atomic E-state index is 0.0479. The summed E-state index contributed by atoms with van der Waals surface area (Å²) in [4.78, 5) is 53.6. The van der Waals surface area contributed by atoms with Crippen molar-refractivity contribution in [1.29, 1.82) is 0 Å². The van der Waals surface area contributed by atoms with E-state index in [0.717, 1.165) is 5.56 Å². The average Bonchev–Trinajstić information content (AvgIpc) is 3.36. The minimum Gasteiger partial charge on any atom is -0.472 e. The maximum Gasteiger partial charge on any atom is 0.310 e. The van der Waals surface area contributed by atoms with E-state index in [1.54, 1.807) is 26.4 Å². The van der Waals surface area contributed by atoms with Gasteiger partial charge in [0.05, 0.1) is 54.2 Å². The molecule has 2 N–H and O–H groups in total. The molecule has 4 saturated carbocycles. The highest BCUT2D eigenvalue weighted by Gasteiger charge is 2.92. The molecular formula is C35H46O12. The monoisotopic (exact) mass is 658 g/mol. The Morgan fingerprint density at radius 3 is 2.32 bits per heavy atom. The third kappa shape index (κ3) is 3.78. The van der Waals surface area contributed by atoms with Gasteiger partial charge in [0.2, 0.25) is 6.29 Å². The molecule has 1 unspecified atom stereocenters. The van der Waals surface area contributed by atoms with Crippen LogP contribution in [0.25, 0.3) is 0 Å². The molecule has 12 heteroatoms. The highest BCUT2D eigenvalue weighted by atomic mass is 16.7. The summed E-state index contributed by atoms with van der Waals surface area (Å²) in [5, 5.41) is 24.7. The molecule has 1 aromatic rings. The molecule has 3 heterocycles. The number of rotatable bonds is 6. The highest BCUT2D eigenvalue weighted by molar-refractivity contribution is 5.93. The number of fused-ring (bicyclic) bond motifs is 1. The molecule has 2 saturated heterocycles. The van der Waals surface area contributed by atoms with E-state index >= 15 is 4.79 Å². The second-order valence-electron chi connectivity index (χ2n) is 15.6. The first-order valence-corrected chi connectivity index (χ1v) is 16.8. The van der Waals surface area contributed by atoms with Crippen molar-refractivity contribution in [3.05, 3.63) is 24.2 Å². The number of aliphatic hydroxyl groups excluding tert-OH is 2. The van der Waals surface area contributed by atoms with Gasteiger partial charge in [0.15, 0.2) is 11.9 Å². The van der Waals surface area contributed by atoms with Crippen LogP contribution >= 0.6 is 0 Å². The number of furan rings is 1. The van der Waals surface area contributed by atoms with Crippen molar-refractivity contribution in [2.45, 2.75) is 122 Å². The molecular weight excluding hydrogens is 612 g/mol. The summed E-state index contributed by atoms with van der Waals surface area (Å²) in [7, 11) is 0. The Labute approximate surface area is 273 Å². The molecule has 47 heavy (non-hydrogen) atoms. The van der Waals surface area contributed by atoms with Crippen molar-refractivity contribution in [2.24, 2.45) is 39.4 Å². The molecule has 0 amide bonds. The van der Waals surface area contributed by atoms with Gasteiger partial charge in [-0.05, 0) is 43.7 Å². The normalized spacial score (nSPS) is 49.8. The fourth-order valence-corrected chi connectivity index (χ4v) is 11.5. The molecule has 258 valence electrons. The van der Waals surface area contributed by atoms with Gasteiger partial charge in [-0.25, -0.2) is 0 Å². The van der Waals surface area contributed by atoms with E-state index in [9.17, 15) is 24.6 Å². The highest BCUT2D eigenvalue weighted by Crippen LogP contribution is 2.83. The number of ketones is 1. The average molecular weight is 659 g/mol. The molecule has 4 aliphatic carbocycles. The molecule has 0 aromatic carbocycles. The Bertz CT molecular complexity index is 1490. The summed E-state index contributed by atoms with van der Waals surface area (Å²) >= 11 is 0. The second kappa shape index (κ2) is 10.4. The topological polar surface area (TPSA) is 171 Å². The second-order valence-corrected chi connectivity index (χ2v) is 15.6. The van der Waals surface area contributed by atoms with Crippen LogP contribution in [0, 0.1) is 39.4 Å². The van der Waals surface area contributed by atoms with Crippen LogP contribution in [0.3, 0.4) is 0 Å². The molecule has 15 atom stereocenters. The first-order chi connectivity index (χ1) is 22.1. The lowest BCUT2D eigenvalue weighted by Gasteiger charge is -2.73. The summed E-state index contributed by atoms with van der Waals surface area (Å²) < 4.78 is 36.3. The number of ether oxygens (including phenoxy) is 5. The lowest BCUT2D eigenvalue weighted by Crippen LogP contribution is -2.82. The van der Waals surface area contributed by atoms with Crippen molar-refractivity contribution >= 4 is 23.7 Å². The standard InChI is InChI=1S/C35H46O12/c1-8-16(2)29(41)46-30-31(5)21-12-22(38)33(7)27(34(21,15-43-30)23(39)13-24(31)44-17(3)36)26(40)28(45-18(4)37)32(6)20(19-9-10-42-14-19)11-25-35(32,33)47-25/h9-10,14,16,20-25,27-28,30,38-39H,8,11-13,15H2,1-7H3/t16-,20+,21+,22-,23+,24-,25-,27?,28+,30-,31-,32-,33-,34-,35-/m1/s1. The van der Waals surface area contributed by atoms with Gasteiger partial charge >= 0.3 is 17.9 Å². The van der Waals surface area contributed by atoms with Gasteiger partial charge in [0.25, 0.3) is 0 Å².